The Morgan fingerprint density at radius 3 is 2.73 bits per heavy atom. The van der Waals surface area contributed by atoms with Crippen LogP contribution in [0, 0.1) is 12.8 Å². The molecule has 0 atom stereocenters. The number of benzene rings is 1. The lowest BCUT2D eigenvalue weighted by molar-refractivity contribution is 0.401. The maximum absolute atomic E-state index is 5.99. The summed E-state index contributed by atoms with van der Waals surface area (Å²) in [6, 6.07) is 6.18. The van der Waals surface area contributed by atoms with E-state index in [1.54, 1.807) is 0 Å². The molecule has 1 aromatic rings. The number of nitrogens with one attached hydrogen (secondary N) is 1. The third-order valence-electron chi connectivity index (χ3n) is 3.00. The molecule has 0 unspecified atom stereocenters. The topological polar surface area (TPSA) is 12.0 Å². The van der Waals surface area contributed by atoms with Crippen LogP contribution in [0.2, 0.25) is 5.02 Å². The van der Waals surface area contributed by atoms with Crippen LogP contribution in [0.25, 0.3) is 6.08 Å². The molecular weight excluding hydrogens is 206 g/mol. The maximum atomic E-state index is 5.99. The summed E-state index contributed by atoms with van der Waals surface area (Å²) < 4.78 is 0. The summed E-state index contributed by atoms with van der Waals surface area (Å²) in [5.41, 5.74) is 3.85. The van der Waals surface area contributed by atoms with Crippen molar-refractivity contribution in [1.82, 2.24) is 5.32 Å². The first kappa shape index (κ1) is 10.7. The van der Waals surface area contributed by atoms with Gasteiger partial charge in [0.25, 0.3) is 0 Å². The van der Waals surface area contributed by atoms with Gasteiger partial charge in [-0.15, -0.1) is 0 Å². The molecule has 15 heavy (non-hydrogen) atoms. The largest absolute Gasteiger partial charge is 0.315 e. The highest BCUT2D eigenvalue weighted by atomic mass is 35.5. The first-order valence-corrected chi connectivity index (χ1v) is 5.69. The van der Waals surface area contributed by atoms with Crippen molar-refractivity contribution in [3.05, 3.63) is 39.9 Å². The fourth-order valence-corrected chi connectivity index (χ4v) is 1.87. The minimum absolute atomic E-state index is 0.723. The number of hydrogen-bond donors (Lipinski definition) is 1. The summed E-state index contributed by atoms with van der Waals surface area (Å²) in [7, 11) is 0. The minimum Gasteiger partial charge on any atom is -0.315 e. The van der Waals surface area contributed by atoms with E-state index >= 15 is 0 Å². The van der Waals surface area contributed by atoms with Crippen molar-refractivity contribution < 1.29 is 0 Å². The van der Waals surface area contributed by atoms with Gasteiger partial charge in [-0.05, 0) is 31.0 Å². The molecule has 0 bridgehead atoms. The average molecular weight is 222 g/mol. The molecule has 1 aliphatic rings. The number of hydrogen-bond acceptors (Lipinski definition) is 1. The third kappa shape index (κ3) is 2.42. The van der Waals surface area contributed by atoms with Crippen LogP contribution in [0.3, 0.4) is 0 Å². The van der Waals surface area contributed by atoms with Crippen molar-refractivity contribution in [2.75, 3.05) is 13.1 Å². The highest BCUT2D eigenvalue weighted by molar-refractivity contribution is 6.31. The van der Waals surface area contributed by atoms with Gasteiger partial charge >= 0.3 is 0 Å². The predicted octanol–water partition coefficient (Wildman–Crippen LogP) is 3.27. The number of halogens is 1. The molecule has 0 amide bonds. The second kappa shape index (κ2) is 4.38. The van der Waals surface area contributed by atoms with E-state index in [0.29, 0.717) is 0 Å². The van der Waals surface area contributed by atoms with Crippen LogP contribution >= 0.6 is 11.6 Å². The highest BCUT2D eigenvalue weighted by Gasteiger charge is 2.17. The molecule has 0 radical (unpaired) electrons. The summed E-state index contributed by atoms with van der Waals surface area (Å²) in [6.07, 6.45) is 2.26. The smallest absolute Gasteiger partial charge is 0.0435 e. The van der Waals surface area contributed by atoms with E-state index in [4.69, 9.17) is 11.6 Å². The summed E-state index contributed by atoms with van der Waals surface area (Å²) in [5, 5.41) is 4.13. The normalized spacial score (nSPS) is 17.7. The van der Waals surface area contributed by atoms with Crippen molar-refractivity contribution in [2.45, 2.75) is 13.8 Å². The third-order valence-corrected chi connectivity index (χ3v) is 3.43. The Labute approximate surface area is 96.1 Å². The molecule has 1 saturated heterocycles. The zero-order valence-corrected chi connectivity index (χ0v) is 9.93. The molecule has 0 spiro atoms. The van der Waals surface area contributed by atoms with E-state index in [1.807, 2.05) is 13.0 Å². The first-order chi connectivity index (χ1) is 7.16. The first-order valence-electron chi connectivity index (χ1n) is 5.32. The lowest BCUT2D eigenvalue weighted by atomic mass is 9.93. The second-order valence-corrected chi connectivity index (χ2v) is 4.66. The zero-order valence-electron chi connectivity index (χ0n) is 9.18. The van der Waals surface area contributed by atoms with Gasteiger partial charge in [-0.2, -0.15) is 0 Å². The monoisotopic (exact) mass is 221 g/mol. The van der Waals surface area contributed by atoms with Gasteiger partial charge in [-0.1, -0.05) is 35.4 Å². The molecule has 1 fully saturated rings. The van der Waals surface area contributed by atoms with Crippen LogP contribution in [0.5, 0.6) is 0 Å². The van der Waals surface area contributed by atoms with Crippen LogP contribution in [0.1, 0.15) is 18.1 Å². The molecule has 80 valence electrons. The molecular formula is C13H16ClN. The van der Waals surface area contributed by atoms with Gasteiger partial charge in [0.1, 0.15) is 0 Å². The van der Waals surface area contributed by atoms with Gasteiger partial charge in [0.15, 0.2) is 0 Å². The lowest BCUT2D eigenvalue weighted by Crippen LogP contribution is -2.42. The highest BCUT2D eigenvalue weighted by Crippen LogP contribution is 2.21. The van der Waals surface area contributed by atoms with Gasteiger partial charge < -0.3 is 5.32 Å². The van der Waals surface area contributed by atoms with Crippen LogP contribution in [0.4, 0.5) is 0 Å². The minimum atomic E-state index is 0.723. The molecule has 1 aliphatic heterocycles. The number of aryl methyl sites for hydroxylation is 1. The van der Waals surface area contributed by atoms with E-state index in [-0.39, 0.29) is 0 Å². The standard InChI is InChI=1S/C13H16ClN/c1-9(12-7-15-8-12)5-11-3-4-13(14)10(2)6-11/h3-6,12,15H,7-8H2,1-2H3/b9-5-. The molecule has 0 aromatic heterocycles. The SMILES string of the molecule is C/C(=C/c1ccc(Cl)c(C)c1)C1CNC1. The summed E-state index contributed by atoms with van der Waals surface area (Å²) in [5.74, 6) is 0.723. The fourth-order valence-electron chi connectivity index (χ4n) is 1.75. The van der Waals surface area contributed by atoms with Gasteiger partial charge in [-0.3, -0.25) is 0 Å². The van der Waals surface area contributed by atoms with Gasteiger partial charge in [0, 0.05) is 24.0 Å². The number of rotatable bonds is 2. The van der Waals surface area contributed by atoms with E-state index in [9.17, 15) is 0 Å². The van der Waals surface area contributed by atoms with E-state index in [0.717, 1.165) is 29.6 Å². The quantitative estimate of drug-likeness (QED) is 0.809. The Kier molecular flexibility index (Phi) is 3.13. The Balaban J connectivity index is 2.18. The molecule has 2 rings (SSSR count). The van der Waals surface area contributed by atoms with Gasteiger partial charge in [0.2, 0.25) is 0 Å². The van der Waals surface area contributed by atoms with Crippen LogP contribution < -0.4 is 5.32 Å². The molecule has 2 heteroatoms. The van der Waals surface area contributed by atoms with Crippen molar-refractivity contribution in [2.24, 2.45) is 5.92 Å². The summed E-state index contributed by atoms with van der Waals surface area (Å²) in [4.78, 5) is 0. The predicted molar refractivity (Wildman–Crippen MR) is 66.2 cm³/mol. The molecule has 0 saturated carbocycles. The Hall–Kier alpha value is -0.790. The Morgan fingerprint density at radius 2 is 2.20 bits per heavy atom. The van der Waals surface area contributed by atoms with Crippen molar-refractivity contribution in [3.63, 3.8) is 0 Å². The fraction of sp³-hybridized carbons (Fsp3) is 0.385. The molecule has 0 aliphatic carbocycles. The Morgan fingerprint density at radius 1 is 1.47 bits per heavy atom. The average Bonchev–Trinajstić information content (AvgIpc) is 2.08. The molecule has 1 aromatic carbocycles. The van der Waals surface area contributed by atoms with E-state index < -0.39 is 0 Å². The zero-order chi connectivity index (χ0) is 10.8. The Bertz CT molecular complexity index is 392. The van der Waals surface area contributed by atoms with E-state index in [2.05, 4.69) is 30.4 Å². The van der Waals surface area contributed by atoms with Gasteiger partial charge in [0.05, 0.1) is 0 Å². The van der Waals surface area contributed by atoms with Crippen molar-refractivity contribution >= 4 is 17.7 Å². The van der Waals surface area contributed by atoms with E-state index in [1.165, 1.54) is 11.1 Å². The van der Waals surface area contributed by atoms with Crippen LogP contribution in [-0.2, 0) is 0 Å². The molecule has 1 N–H and O–H groups in total. The van der Waals surface area contributed by atoms with Crippen LogP contribution in [-0.4, -0.2) is 13.1 Å². The molecule has 1 nitrogen and oxygen atoms in total. The molecule has 1 heterocycles. The van der Waals surface area contributed by atoms with Crippen molar-refractivity contribution in [1.29, 1.82) is 0 Å². The summed E-state index contributed by atoms with van der Waals surface area (Å²) in [6.45, 7) is 6.49. The van der Waals surface area contributed by atoms with Crippen molar-refractivity contribution in [3.8, 4) is 0 Å². The maximum Gasteiger partial charge on any atom is 0.0435 e. The van der Waals surface area contributed by atoms with Crippen LogP contribution in [0.15, 0.2) is 23.8 Å². The lowest BCUT2D eigenvalue weighted by Gasteiger charge is -2.28. The second-order valence-electron chi connectivity index (χ2n) is 4.25. The van der Waals surface area contributed by atoms with Gasteiger partial charge in [-0.25, -0.2) is 0 Å². The summed E-state index contributed by atoms with van der Waals surface area (Å²) >= 11 is 5.99.